The minimum absolute atomic E-state index is 0.110. The summed E-state index contributed by atoms with van der Waals surface area (Å²) in [4.78, 5) is 12.0. The number of rotatable bonds is 3. The highest BCUT2D eigenvalue weighted by Gasteiger charge is 2.30. The Morgan fingerprint density at radius 1 is 1.09 bits per heavy atom. The van der Waals surface area contributed by atoms with Crippen LogP contribution in [0.15, 0.2) is 48.5 Å². The molecule has 0 fully saturated rings. The summed E-state index contributed by atoms with van der Waals surface area (Å²) < 4.78 is 51.1. The molecule has 0 saturated heterocycles. The molecule has 1 atom stereocenters. The molecule has 2 rings (SSSR count). The van der Waals surface area contributed by atoms with Gasteiger partial charge in [0.1, 0.15) is 5.82 Å². The first-order valence-corrected chi connectivity index (χ1v) is 6.51. The molecule has 22 heavy (non-hydrogen) atoms. The fraction of sp³-hybridized carbons (Fsp3) is 0.188. The highest BCUT2D eigenvalue weighted by Crippen LogP contribution is 2.30. The molecular formula is C16H13F4NO. The third-order valence-corrected chi connectivity index (χ3v) is 3.15. The van der Waals surface area contributed by atoms with Gasteiger partial charge in [-0.25, -0.2) is 4.39 Å². The molecule has 0 heterocycles. The molecule has 0 spiro atoms. The molecule has 0 aliphatic carbocycles. The van der Waals surface area contributed by atoms with E-state index in [1.807, 2.05) is 0 Å². The zero-order valence-corrected chi connectivity index (χ0v) is 11.6. The Morgan fingerprint density at radius 2 is 1.77 bits per heavy atom. The van der Waals surface area contributed by atoms with Crippen molar-refractivity contribution in [2.24, 2.45) is 0 Å². The molecule has 1 unspecified atom stereocenters. The average molecular weight is 311 g/mol. The van der Waals surface area contributed by atoms with Gasteiger partial charge < -0.3 is 5.32 Å². The van der Waals surface area contributed by atoms with Gasteiger partial charge in [-0.3, -0.25) is 4.79 Å². The van der Waals surface area contributed by atoms with Crippen LogP contribution in [-0.4, -0.2) is 5.91 Å². The third-order valence-electron chi connectivity index (χ3n) is 3.15. The van der Waals surface area contributed by atoms with Crippen LogP contribution in [0.3, 0.4) is 0 Å². The van der Waals surface area contributed by atoms with Gasteiger partial charge in [0.25, 0.3) is 5.91 Å². The SMILES string of the molecule is CC(NC(=O)c1cccc(F)c1)c1cccc(C(F)(F)F)c1. The number of carbonyl (C=O) groups excluding carboxylic acids is 1. The van der Waals surface area contributed by atoms with Gasteiger partial charge in [-0.05, 0) is 42.8 Å². The summed E-state index contributed by atoms with van der Waals surface area (Å²) in [7, 11) is 0. The molecule has 116 valence electrons. The van der Waals surface area contributed by atoms with Crippen LogP contribution in [0, 0.1) is 5.82 Å². The average Bonchev–Trinajstić information content (AvgIpc) is 2.46. The van der Waals surface area contributed by atoms with E-state index in [0.717, 1.165) is 18.2 Å². The predicted molar refractivity (Wildman–Crippen MR) is 73.7 cm³/mol. The Bertz CT molecular complexity index is 682. The number of carbonyl (C=O) groups is 1. The van der Waals surface area contributed by atoms with E-state index in [2.05, 4.69) is 5.32 Å². The van der Waals surface area contributed by atoms with Gasteiger partial charge >= 0.3 is 6.18 Å². The molecule has 0 bridgehead atoms. The first-order valence-electron chi connectivity index (χ1n) is 6.51. The third kappa shape index (κ3) is 3.84. The molecule has 0 saturated carbocycles. The zero-order valence-electron chi connectivity index (χ0n) is 11.6. The van der Waals surface area contributed by atoms with Gasteiger partial charge in [0.2, 0.25) is 0 Å². The van der Waals surface area contributed by atoms with Crippen molar-refractivity contribution in [3.8, 4) is 0 Å². The summed E-state index contributed by atoms with van der Waals surface area (Å²) in [6.07, 6.45) is -4.44. The molecule has 6 heteroatoms. The van der Waals surface area contributed by atoms with Gasteiger partial charge in [-0.2, -0.15) is 13.2 Å². The Hall–Kier alpha value is -2.37. The summed E-state index contributed by atoms with van der Waals surface area (Å²) in [5, 5.41) is 2.55. The van der Waals surface area contributed by atoms with E-state index in [9.17, 15) is 22.4 Å². The quantitative estimate of drug-likeness (QED) is 0.840. The minimum atomic E-state index is -4.44. The van der Waals surface area contributed by atoms with E-state index < -0.39 is 29.5 Å². The maximum atomic E-state index is 13.1. The molecule has 0 aliphatic heterocycles. The van der Waals surface area contributed by atoms with Gasteiger partial charge in [0.05, 0.1) is 11.6 Å². The lowest BCUT2D eigenvalue weighted by Crippen LogP contribution is -2.26. The van der Waals surface area contributed by atoms with E-state index in [0.29, 0.717) is 5.56 Å². The summed E-state index contributed by atoms with van der Waals surface area (Å²) in [5.41, 5.74) is -0.352. The molecule has 1 N–H and O–H groups in total. The molecule has 2 nitrogen and oxygen atoms in total. The zero-order chi connectivity index (χ0) is 16.3. The first kappa shape index (κ1) is 16.0. The van der Waals surface area contributed by atoms with Gasteiger partial charge in [-0.1, -0.05) is 18.2 Å². The van der Waals surface area contributed by atoms with Crippen molar-refractivity contribution < 1.29 is 22.4 Å². The molecule has 0 aromatic heterocycles. The summed E-state index contributed by atoms with van der Waals surface area (Å²) in [5.74, 6) is -1.11. The molecule has 1 amide bonds. The van der Waals surface area contributed by atoms with E-state index in [-0.39, 0.29) is 5.56 Å². The van der Waals surface area contributed by atoms with Crippen molar-refractivity contribution in [2.75, 3.05) is 0 Å². The monoisotopic (exact) mass is 311 g/mol. The molecular weight excluding hydrogens is 298 g/mol. The van der Waals surface area contributed by atoms with Crippen LogP contribution in [0.5, 0.6) is 0 Å². The summed E-state index contributed by atoms with van der Waals surface area (Å²) in [6.45, 7) is 1.56. The summed E-state index contributed by atoms with van der Waals surface area (Å²) in [6, 6.07) is 9.16. The fourth-order valence-electron chi connectivity index (χ4n) is 1.98. The number of benzene rings is 2. The highest BCUT2D eigenvalue weighted by atomic mass is 19.4. The lowest BCUT2D eigenvalue weighted by Gasteiger charge is -2.16. The van der Waals surface area contributed by atoms with E-state index in [1.54, 1.807) is 6.92 Å². The van der Waals surface area contributed by atoms with Crippen LogP contribution in [-0.2, 0) is 6.18 Å². The van der Waals surface area contributed by atoms with Crippen molar-refractivity contribution >= 4 is 5.91 Å². The van der Waals surface area contributed by atoms with Gasteiger partial charge in [0.15, 0.2) is 0 Å². The maximum Gasteiger partial charge on any atom is 0.416 e. The number of hydrogen-bond acceptors (Lipinski definition) is 1. The number of nitrogens with one attached hydrogen (secondary N) is 1. The maximum absolute atomic E-state index is 13.1. The van der Waals surface area contributed by atoms with Gasteiger partial charge in [-0.15, -0.1) is 0 Å². The number of amides is 1. The highest BCUT2D eigenvalue weighted by molar-refractivity contribution is 5.94. The molecule has 2 aromatic carbocycles. The Morgan fingerprint density at radius 3 is 2.41 bits per heavy atom. The second-order valence-corrected chi connectivity index (χ2v) is 4.83. The first-order chi connectivity index (χ1) is 10.3. The second kappa shape index (κ2) is 6.17. The number of alkyl halides is 3. The predicted octanol–water partition coefficient (Wildman–Crippen LogP) is 4.34. The van der Waals surface area contributed by atoms with Crippen LogP contribution < -0.4 is 5.32 Å². The summed E-state index contributed by atoms with van der Waals surface area (Å²) >= 11 is 0. The van der Waals surface area contributed by atoms with E-state index in [4.69, 9.17) is 0 Å². The van der Waals surface area contributed by atoms with Crippen molar-refractivity contribution in [3.05, 3.63) is 71.0 Å². The van der Waals surface area contributed by atoms with E-state index >= 15 is 0 Å². The Kier molecular flexibility index (Phi) is 4.49. The van der Waals surface area contributed by atoms with Gasteiger partial charge in [0, 0.05) is 5.56 Å². The van der Waals surface area contributed by atoms with Crippen LogP contribution in [0.1, 0.15) is 34.5 Å². The smallest absolute Gasteiger partial charge is 0.346 e. The fourth-order valence-corrected chi connectivity index (χ4v) is 1.98. The van der Waals surface area contributed by atoms with Crippen LogP contribution in [0.4, 0.5) is 17.6 Å². The lowest BCUT2D eigenvalue weighted by atomic mass is 10.0. The minimum Gasteiger partial charge on any atom is -0.346 e. The normalized spacial score (nSPS) is 12.8. The van der Waals surface area contributed by atoms with Crippen molar-refractivity contribution in [2.45, 2.75) is 19.1 Å². The molecule has 0 aliphatic rings. The van der Waals surface area contributed by atoms with E-state index in [1.165, 1.54) is 30.3 Å². The van der Waals surface area contributed by atoms with Crippen molar-refractivity contribution in [3.63, 3.8) is 0 Å². The van der Waals surface area contributed by atoms with Crippen LogP contribution in [0.2, 0.25) is 0 Å². The Labute approximate surface area is 124 Å². The largest absolute Gasteiger partial charge is 0.416 e. The van der Waals surface area contributed by atoms with Crippen molar-refractivity contribution in [1.82, 2.24) is 5.32 Å². The second-order valence-electron chi connectivity index (χ2n) is 4.83. The topological polar surface area (TPSA) is 29.1 Å². The van der Waals surface area contributed by atoms with Crippen LogP contribution in [0.25, 0.3) is 0 Å². The molecule has 0 radical (unpaired) electrons. The number of hydrogen-bond donors (Lipinski definition) is 1. The van der Waals surface area contributed by atoms with Crippen molar-refractivity contribution in [1.29, 1.82) is 0 Å². The Balaban J connectivity index is 2.15. The molecule has 2 aromatic rings. The van der Waals surface area contributed by atoms with Crippen LogP contribution >= 0.6 is 0 Å². The lowest BCUT2D eigenvalue weighted by molar-refractivity contribution is -0.137. The number of halogens is 4. The standard InChI is InChI=1S/C16H13F4NO/c1-10(11-4-2-6-13(8-11)16(18,19)20)21-15(22)12-5-3-7-14(17)9-12/h2-10H,1H3,(H,21,22).